The summed E-state index contributed by atoms with van der Waals surface area (Å²) in [5.41, 5.74) is 0.813. The molecule has 1 atom stereocenters. The summed E-state index contributed by atoms with van der Waals surface area (Å²) in [6.45, 7) is 1.62. The highest BCUT2D eigenvalue weighted by molar-refractivity contribution is 5.55. The maximum atomic E-state index is 10.5. The van der Waals surface area contributed by atoms with Crippen LogP contribution < -0.4 is 14.2 Å². The molecule has 1 fully saturated rings. The van der Waals surface area contributed by atoms with Crippen molar-refractivity contribution in [2.24, 2.45) is 5.92 Å². The zero-order valence-electron chi connectivity index (χ0n) is 10.9. The van der Waals surface area contributed by atoms with E-state index in [0.29, 0.717) is 30.5 Å². The lowest BCUT2D eigenvalue weighted by Crippen LogP contribution is -2.22. The first kappa shape index (κ1) is 12.6. The number of hydrogen-bond acceptors (Lipinski definition) is 5. The Balaban J connectivity index is 1.87. The summed E-state index contributed by atoms with van der Waals surface area (Å²) in [6, 6.07) is 3.67. The first-order valence-electron chi connectivity index (χ1n) is 6.53. The van der Waals surface area contributed by atoms with E-state index in [4.69, 9.17) is 18.9 Å². The molecule has 0 aromatic heterocycles. The number of benzene rings is 1. The number of aliphatic hydroxyl groups excluding tert-OH is 1. The summed E-state index contributed by atoms with van der Waals surface area (Å²) in [6.07, 6.45) is 1.22. The van der Waals surface area contributed by atoms with Gasteiger partial charge in [0.2, 0.25) is 12.5 Å². The number of ether oxygens (including phenoxy) is 4. The lowest BCUT2D eigenvalue weighted by atomic mass is 9.89. The molecule has 1 N–H and O–H groups in total. The molecule has 0 aliphatic carbocycles. The van der Waals surface area contributed by atoms with Crippen LogP contribution in [0.1, 0.15) is 24.5 Å². The molecule has 1 aromatic carbocycles. The van der Waals surface area contributed by atoms with Crippen LogP contribution in [0.5, 0.6) is 17.2 Å². The second-order valence-electron chi connectivity index (χ2n) is 4.85. The van der Waals surface area contributed by atoms with Gasteiger partial charge in [-0.05, 0) is 36.5 Å². The predicted octanol–water partition coefficient (Wildman–Crippen LogP) is 1.88. The number of fused-ring (bicyclic) bond motifs is 1. The van der Waals surface area contributed by atoms with Gasteiger partial charge in [-0.25, -0.2) is 0 Å². The van der Waals surface area contributed by atoms with E-state index in [2.05, 4.69) is 0 Å². The molecule has 104 valence electrons. The van der Waals surface area contributed by atoms with Crippen molar-refractivity contribution in [1.29, 1.82) is 0 Å². The third kappa shape index (κ3) is 2.35. The van der Waals surface area contributed by atoms with Gasteiger partial charge in [-0.3, -0.25) is 0 Å². The second-order valence-corrected chi connectivity index (χ2v) is 4.85. The molecule has 5 heteroatoms. The van der Waals surface area contributed by atoms with Gasteiger partial charge in [0.1, 0.15) is 0 Å². The molecule has 5 nitrogen and oxygen atoms in total. The fourth-order valence-corrected chi connectivity index (χ4v) is 2.62. The summed E-state index contributed by atoms with van der Waals surface area (Å²) >= 11 is 0. The van der Waals surface area contributed by atoms with E-state index < -0.39 is 6.10 Å². The number of rotatable bonds is 3. The van der Waals surface area contributed by atoms with Gasteiger partial charge in [0.25, 0.3) is 0 Å². The summed E-state index contributed by atoms with van der Waals surface area (Å²) < 4.78 is 21.4. The fraction of sp³-hybridized carbons (Fsp3) is 0.571. The standard InChI is InChI=1S/C14H18O5/c1-16-11-6-10(7-12-14(11)19-8-18-12)13(15)9-2-4-17-5-3-9/h6-7,9,13,15H,2-5,8H2,1H3. The van der Waals surface area contributed by atoms with E-state index in [1.165, 1.54) is 0 Å². The zero-order valence-corrected chi connectivity index (χ0v) is 10.9. The Labute approximate surface area is 112 Å². The third-order valence-corrected chi connectivity index (χ3v) is 3.73. The molecule has 2 aliphatic heterocycles. The first-order chi connectivity index (χ1) is 9.29. The van der Waals surface area contributed by atoms with E-state index in [1.54, 1.807) is 7.11 Å². The maximum absolute atomic E-state index is 10.5. The van der Waals surface area contributed by atoms with Gasteiger partial charge < -0.3 is 24.1 Å². The zero-order chi connectivity index (χ0) is 13.2. The van der Waals surface area contributed by atoms with Gasteiger partial charge in [-0.15, -0.1) is 0 Å². The molecule has 0 bridgehead atoms. The van der Waals surface area contributed by atoms with Crippen LogP contribution in [0.15, 0.2) is 12.1 Å². The normalized spacial score (nSPS) is 20.3. The number of methoxy groups -OCH3 is 1. The minimum atomic E-state index is -0.521. The number of aliphatic hydroxyl groups is 1. The van der Waals surface area contributed by atoms with Gasteiger partial charge in [0.15, 0.2) is 11.5 Å². The van der Waals surface area contributed by atoms with Crippen molar-refractivity contribution in [2.75, 3.05) is 27.1 Å². The highest BCUT2D eigenvalue weighted by Gasteiger charge is 2.27. The van der Waals surface area contributed by atoms with Gasteiger partial charge in [0, 0.05) is 13.2 Å². The molecule has 0 amide bonds. The van der Waals surface area contributed by atoms with Crippen molar-refractivity contribution in [3.05, 3.63) is 17.7 Å². The quantitative estimate of drug-likeness (QED) is 0.905. The highest BCUT2D eigenvalue weighted by Crippen LogP contribution is 2.44. The van der Waals surface area contributed by atoms with Crippen LogP contribution in [-0.4, -0.2) is 32.2 Å². The summed E-state index contributed by atoms with van der Waals surface area (Å²) in [4.78, 5) is 0. The molecule has 1 saturated heterocycles. The Bertz CT molecular complexity index is 453. The molecule has 3 rings (SSSR count). The average Bonchev–Trinajstić information content (AvgIpc) is 2.94. The molecular weight excluding hydrogens is 248 g/mol. The van der Waals surface area contributed by atoms with E-state index in [0.717, 1.165) is 18.4 Å². The van der Waals surface area contributed by atoms with E-state index in [9.17, 15) is 5.11 Å². The number of hydrogen-bond donors (Lipinski definition) is 1. The lowest BCUT2D eigenvalue weighted by molar-refractivity contribution is 0.00707. The molecule has 1 aromatic rings. The smallest absolute Gasteiger partial charge is 0.231 e. The van der Waals surface area contributed by atoms with Gasteiger partial charge in [0.05, 0.1) is 13.2 Å². The molecule has 0 saturated carbocycles. The fourth-order valence-electron chi connectivity index (χ4n) is 2.62. The topological polar surface area (TPSA) is 57.2 Å². The van der Waals surface area contributed by atoms with E-state index >= 15 is 0 Å². The third-order valence-electron chi connectivity index (χ3n) is 3.73. The minimum Gasteiger partial charge on any atom is -0.493 e. The SMILES string of the molecule is COc1cc(C(O)C2CCOCC2)cc2c1OCO2. The van der Waals surface area contributed by atoms with Crippen molar-refractivity contribution < 1.29 is 24.1 Å². The molecule has 0 spiro atoms. The van der Waals surface area contributed by atoms with Crippen LogP contribution in [0.4, 0.5) is 0 Å². The lowest BCUT2D eigenvalue weighted by Gasteiger charge is -2.27. The summed E-state index contributed by atoms with van der Waals surface area (Å²) in [5.74, 6) is 2.08. The highest BCUT2D eigenvalue weighted by atomic mass is 16.7. The molecule has 19 heavy (non-hydrogen) atoms. The monoisotopic (exact) mass is 266 g/mol. The van der Waals surface area contributed by atoms with Crippen molar-refractivity contribution in [2.45, 2.75) is 18.9 Å². The van der Waals surface area contributed by atoms with Crippen molar-refractivity contribution in [1.82, 2.24) is 0 Å². The minimum absolute atomic E-state index is 0.197. The van der Waals surface area contributed by atoms with Crippen molar-refractivity contribution in [3.8, 4) is 17.2 Å². The Hall–Kier alpha value is -1.46. The Morgan fingerprint density at radius 3 is 2.79 bits per heavy atom. The predicted molar refractivity (Wildman–Crippen MR) is 67.6 cm³/mol. The van der Waals surface area contributed by atoms with Crippen LogP contribution >= 0.6 is 0 Å². The van der Waals surface area contributed by atoms with Crippen molar-refractivity contribution in [3.63, 3.8) is 0 Å². The molecule has 1 unspecified atom stereocenters. The van der Waals surface area contributed by atoms with Crippen LogP contribution in [0.25, 0.3) is 0 Å². The molecule has 2 aliphatic rings. The van der Waals surface area contributed by atoms with Crippen molar-refractivity contribution >= 4 is 0 Å². The summed E-state index contributed by atoms with van der Waals surface area (Å²) in [7, 11) is 1.59. The first-order valence-corrected chi connectivity index (χ1v) is 6.53. The van der Waals surface area contributed by atoms with Crippen LogP contribution in [-0.2, 0) is 4.74 Å². The molecule has 0 radical (unpaired) electrons. The van der Waals surface area contributed by atoms with Crippen LogP contribution in [0, 0.1) is 5.92 Å². The molecule has 2 heterocycles. The molecular formula is C14H18O5. The van der Waals surface area contributed by atoms with Gasteiger partial charge >= 0.3 is 0 Å². The second kappa shape index (κ2) is 5.27. The average molecular weight is 266 g/mol. The van der Waals surface area contributed by atoms with Crippen LogP contribution in [0.3, 0.4) is 0 Å². The van der Waals surface area contributed by atoms with Gasteiger partial charge in [-0.1, -0.05) is 0 Å². The summed E-state index contributed by atoms with van der Waals surface area (Å²) in [5, 5.41) is 10.5. The van der Waals surface area contributed by atoms with E-state index in [1.807, 2.05) is 12.1 Å². The van der Waals surface area contributed by atoms with Gasteiger partial charge in [-0.2, -0.15) is 0 Å². The Morgan fingerprint density at radius 1 is 1.26 bits per heavy atom. The van der Waals surface area contributed by atoms with Crippen LogP contribution in [0.2, 0.25) is 0 Å². The maximum Gasteiger partial charge on any atom is 0.231 e. The Morgan fingerprint density at radius 2 is 2.05 bits per heavy atom. The largest absolute Gasteiger partial charge is 0.493 e. The Kier molecular flexibility index (Phi) is 3.48. The van der Waals surface area contributed by atoms with E-state index in [-0.39, 0.29) is 12.7 Å².